The van der Waals surface area contributed by atoms with Gasteiger partial charge in [-0.1, -0.05) is 37.6 Å². The van der Waals surface area contributed by atoms with Crippen LogP contribution in [0.2, 0.25) is 0 Å². The molecule has 29 heavy (non-hydrogen) atoms. The van der Waals surface area contributed by atoms with Crippen LogP contribution in [-0.2, 0) is 6.42 Å². The summed E-state index contributed by atoms with van der Waals surface area (Å²) >= 11 is 0. The summed E-state index contributed by atoms with van der Waals surface area (Å²) in [6.45, 7) is 17.1. The molecule has 0 saturated carbocycles. The van der Waals surface area contributed by atoms with Crippen LogP contribution in [0, 0.1) is 33.6 Å². The standard InChI is InChI=1S/C24H36N4O/c1-16(2)23(29)15-27-9-11-28(12-10-27)24-22(19(5)25-20(6)26-24)14-21-13-17(3)7-8-18(21)4/h7-8,13,16,23,29H,9-12,14-15H2,1-6H3/t23-/m0/s1. The summed E-state index contributed by atoms with van der Waals surface area (Å²) < 4.78 is 0. The third kappa shape index (κ3) is 5.34. The Morgan fingerprint density at radius 3 is 2.34 bits per heavy atom. The quantitative estimate of drug-likeness (QED) is 0.811. The predicted molar refractivity (Wildman–Crippen MR) is 120 cm³/mol. The molecule has 3 rings (SSSR count). The van der Waals surface area contributed by atoms with E-state index in [1.54, 1.807) is 0 Å². The molecule has 0 aliphatic carbocycles. The summed E-state index contributed by atoms with van der Waals surface area (Å²) in [5.74, 6) is 2.21. The van der Waals surface area contributed by atoms with Crippen molar-refractivity contribution in [1.29, 1.82) is 0 Å². The van der Waals surface area contributed by atoms with Gasteiger partial charge in [-0.05, 0) is 44.7 Å². The lowest BCUT2D eigenvalue weighted by Crippen LogP contribution is -2.49. The fourth-order valence-corrected chi connectivity index (χ4v) is 3.99. The number of aliphatic hydroxyl groups is 1. The van der Waals surface area contributed by atoms with E-state index in [0.29, 0.717) is 5.92 Å². The van der Waals surface area contributed by atoms with Gasteiger partial charge in [-0.2, -0.15) is 0 Å². The van der Waals surface area contributed by atoms with E-state index in [2.05, 4.69) is 67.6 Å². The fraction of sp³-hybridized carbons (Fsp3) is 0.583. The number of aliphatic hydroxyl groups excluding tert-OH is 1. The molecule has 5 nitrogen and oxygen atoms in total. The molecule has 0 radical (unpaired) electrons. The third-order valence-electron chi connectivity index (χ3n) is 6.06. The average molecular weight is 397 g/mol. The Kier molecular flexibility index (Phi) is 6.91. The van der Waals surface area contributed by atoms with Crippen LogP contribution < -0.4 is 4.90 Å². The Hall–Kier alpha value is -1.98. The van der Waals surface area contributed by atoms with Crippen molar-refractivity contribution in [2.75, 3.05) is 37.6 Å². The van der Waals surface area contributed by atoms with Crippen LogP contribution in [0.4, 0.5) is 5.82 Å². The van der Waals surface area contributed by atoms with Crippen molar-refractivity contribution in [3.8, 4) is 0 Å². The number of benzene rings is 1. The largest absolute Gasteiger partial charge is 0.392 e. The first-order valence-electron chi connectivity index (χ1n) is 10.8. The number of nitrogens with zero attached hydrogens (tertiary/aromatic N) is 4. The van der Waals surface area contributed by atoms with E-state index in [4.69, 9.17) is 4.98 Å². The molecule has 1 N–H and O–H groups in total. The normalized spacial score (nSPS) is 16.5. The highest BCUT2D eigenvalue weighted by Crippen LogP contribution is 2.26. The molecule has 1 aliphatic rings. The molecule has 0 amide bonds. The zero-order chi connectivity index (χ0) is 21.1. The van der Waals surface area contributed by atoms with Crippen LogP contribution in [0.3, 0.4) is 0 Å². The van der Waals surface area contributed by atoms with E-state index in [1.807, 2.05) is 6.92 Å². The lowest BCUT2D eigenvalue weighted by atomic mass is 9.97. The van der Waals surface area contributed by atoms with Crippen LogP contribution in [0.5, 0.6) is 0 Å². The monoisotopic (exact) mass is 396 g/mol. The van der Waals surface area contributed by atoms with Gasteiger partial charge in [-0.3, -0.25) is 4.90 Å². The number of hydrogen-bond donors (Lipinski definition) is 1. The van der Waals surface area contributed by atoms with Crippen molar-refractivity contribution in [2.45, 2.75) is 54.1 Å². The molecule has 2 heterocycles. The molecule has 5 heteroatoms. The molecule has 1 aromatic carbocycles. The third-order valence-corrected chi connectivity index (χ3v) is 6.06. The first-order chi connectivity index (χ1) is 13.7. The number of anilines is 1. The Balaban J connectivity index is 1.80. The highest BCUT2D eigenvalue weighted by Gasteiger charge is 2.24. The summed E-state index contributed by atoms with van der Waals surface area (Å²) in [7, 11) is 0. The minimum Gasteiger partial charge on any atom is -0.392 e. The van der Waals surface area contributed by atoms with E-state index in [-0.39, 0.29) is 6.10 Å². The van der Waals surface area contributed by atoms with Gasteiger partial charge in [-0.25, -0.2) is 9.97 Å². The molecular formula is C24H36N4O. The first-order valence-corrected chi connectivity index (χ1v) is 10.8. The Morgan fingerprint density at radius 1 is 1.00 bits per heavy atom. The van der Waals surface area contributed by atoms with E-state index in [0.717, 1.165) is 56.5 Å². The summed E-state index contributed by atoms with van der Waals surface area (Å²) in [6, 6.07) is 6.65. The molecule has 158 valence electrons. The van der Waals surface area contributed by atoms with Crippen molar-refractivity contribution >= 4 is 5.82 Å². The first kappa shape index (κ1) is 21.7. The summed E-state index contributed by atoms with van der Waals surface area (Å²) in [5, 5.41) is 10.2. The fourth-order valence-electron chi connectivity index (χ4n) is 3.99. The maximum atomic E-state index is 10.2. The Labute approximate surface area is 175 Å². The number of rotatable bonds is 6. The summed E-state index contributed by atoms with van der Waals surface area (Å²) in [6.07, 6.45) is 0.603. The Bertz CT molecular complexity index is 841. The van der Waals surface area contributed by atoms with Gasteiger partial charge in [0.15, 0.2) is 0 Å². The second kappa shape index (κ2) is 9.23. The van der Waals surface area contributed by atoms with Crippen molar-refractivity contribution in [1.82, 2.24) is 14.9 Å². The molecule has 0 unspecified atom stereocenters. The van der Waals surface area contributed by atoms with Crippen molar-refractivity contribution < 1.29 is 5.11 Å². The SMILES string of the molecule is Cc1ccc(C)c(Cc2c(C)nc(C)nc2N2CCN(C[C@H](O)C(C)C)CC2)c1. The van der Waals surface area contributed by atoms with Gasteiger partial charge in [0.1, 0.15) is 11.6 Å². The van der Waals surface area contributed by atoms with E-state index in [9.17, 15) is 5.11 Å². The lowest BCUT2D eigenvalue weighted by molar-refractivity contribution is 0.0738. The van der Waals surface area contributed by atoms with Gasteiger partial charge < -0.3 is 10.0 Å². The minimum atomic E-state index is -0.259. The van der Waals surface area contributed by atoms with Gasteiger partial charge in [0.05, 0.1) is 6.10 Å². The van der Waals surface area contributed by atoms with Gasteiger partial charge in [0.2, 0.25) is 0 Å². The average Bonchev–Trinajstić information content (AvgIpc) is 2.67. The number of aromatic nitrogens is 2. The van der Waals surface area contributed by atoms with Crippen LogP contribution in [-0.4, -0.2) is 58.8 Å². The highest BCUT2D eigenvalue weighted by atomic mass is 16.3. The molecular weight excluding hydrogens is 360 g/mol. The second-order valence-corrected chi connectivity index (χ2v) is 8.86. The molecule has 2 aromatic rings. The van der Waals surface area contributed by atoms with Crippen LogP contribution >= 0.6 is 0 Å². The topological polar surface area (TPSA) is 52.5 Å². The van der Waals surface area contributed by atoms with Crippen molar-refractivity contribution in [3.63, 3.8) is 0 Å². The Morgan fingerprint density at radius 2 is 1.69 bits per heavy atom. The van der Waals surface area contributed by atoms with Crippen LogP contribution in [0.1, 0.15) is 47.6 Å². The van der Waals surface area contributed by atoms with Crippen molar-refractivity contribution in [3.05, 3.63) is 52.0 Å². The molecule has 1 fully saturated rings. The van der Waals surface area contributed by atoms with Gasteiger partial charge in [-0.15, -0.1) is 0 Å². The number of hydrogen-bond acceptors (Lipinski definition) is 5. The molecule has 1 aliphatic heterocycles. The number of β-amino-alcohol motifs (C(OH)–C–C–N with tert-alkyl or cyclic N) is 1. The molecule has 1 saturated heterocycles. The number of piperazine rings is 1. The summed E-state index contributed by atoms with van der Waals surface area (Å²) in [5.41, 5.74) is 6.26. The zero-order valence-corrected chi connectivity index (χ0v) is 18.9. The highest BCUT2D eigenvalue weighted by molar-refractivity contribution is 5.52. The molecule has 1 atom stereocenters. The summed E-state index contributed by atoms with van der Waals surface area (Å²) in [4.78, 5) is 14.3. The molecule has 0 bridgehead atoms. The smallest absolute Gasteiger partial charge is 0.136 e. The number of aryl methyl sites for hydroxylation is 4. The van der Waals surface area contributed by atoms with Crippen molar-refractivity contribution in [2.24, 2.45) is 5.92 Å². The predicted octanol–water partition coefficient (Wildman–Crippen LogP) is 3.44. The zero-order valence-electron chi connectivity index (χ0n) is 18.9. The minimum absolute atomic E-state index is 0.259. The van der Waals surface area contributed by atoms with Gasteiger partial charge >= 0.3 is 0 Å². The van der Waals surface area contributed by atoms with Gasteiger partial charge in [0, 0.05) is 50.4 Å². The van der Waals surface area contributed by atoms with Crippen LogP contribution in [0.25, 0.3) is 0 Å². The maximum Gasteiger partial charge on any atom is 0.136 e. The van der Waals surface area contributed by atoms with Gasteiger partial charge in [0.25, 0.3) is 0 Å². The maximum absolute atomic E-state index is 10.2. The van der Waals surface area contributed by atoms with Crippen LogP contribution in [0.15, 0.2) is 18.2 Å². The second-order valence-electron chi connectivity index (χ2n) is 8.86. The van der Waals surface area contributed by atoms with E-state index < -0.39 is 0 Å². The van der Waals surface area contributed by atoms with E-state index in [1.165, 1.54) is 22.3 Å². The van der Waals surface area contributed by atoms with E-state index >= 15 is 0 Å². The lowest BCUT2D eigenvalue weighted by Gasteiger charge is -2.37. The molecule has 0 spiro atoms. The molecule has 1 aromatic heterocycles.